The van der Waals surface area contributed by atoms with Gasteiger partial charge in [-0.25, -0.2) is 0 Å². The van der Waals surface area contributed by atoms with Gasteiger partial charge in [-0.15, -0.1) is 0 Å². The number of ketones is 2. The van der Waals surface area contributed by atoms with E-state index in [-0.39, 0.29) is 45.2 Å². The quantitative estimate of drug-likeness (QED) is 0.278. The molecule has 0 heterocycles. The maximum atomic E-state index is 13.4. The lowest BCUT2D eigenvalue weighted by Crippen LogP contribution is -3.00. The van der Waals surface area contributed by atoms with E-state index in [4.69, 9.17) is 9.47 Å². The average Bonchev–Trinajstić information content (AvgIpc) is 2.78. The lowest BCUT2D eigenvalue weighted by atomic mass is 9.82. The fraction of sp³-hybridized carbons (Fsp3) is 0.500. The second kappa shape index (κ2) is 12.5. The highest BCUT2D eigenvalue weighted by Gasteiger charge is 2.35. The summed E-state index contributed by atoms with van der Waals surface area (Å²) < 4.78 is 12.1. The third-order valence-corrected chi connectivity index (χ3v) is 6.59. The number of rotatable bonds is 12. The SMILES string of the molecule is CCCCCCCC[N+](C)(C)CCOc1cc(C)cc2c1C(=O)c1c(O)cc(OC)cc1C2=O.[Br-]. The molecule has 3 rings (SSSR count). The number of nitrogens with zero attached hydrogens (tertiary/aromatic N) is 1. The van der Waals surface area contributed by atoms with E-state index in [1.54, 1.807) is 12.1 Å². The first-order valence-electron chi connectivity index (χ1n) is 12.3. The summed E-state index contributed by atoms with van der Waals surface area (Å²) >= 11 is 0. The summed E-state index contributed by atoms with van der Waals surface area (Å²) in [5.74, 6) is -0.252. The van der Waals surface area contributed by atoms with E-state index < -0.39 is 5.78 Å². The summed E-state index contributed by atoms with van der Waals surface area (Å²) in [6.07, 6.45) is 7.60. The van der Waals surface area contributed by atoms with Crippen molar-refractivity contribution in [3.05, 3.63) is 52.1 Å². The standard InChI is InChI=1S/C28H37NO5.BrH/c1-6-7-8-9-10-11-12-29(3,4)13-14-34-24-16-19(2)15-21-26(24)28(32)25-22(27(21)31)17-20(33-5)18-23(25)30;/h15-18H,6-14H2,1-5H3;1H. The average molecular weight is 549 g/mol. The molecule has 7 heteroatoms. The normalized spacial score (nSPS) is 12.6. The Hall–Kier alpha value is -2.38. The van der Waals surface area contributed by atoms with Crippen LogP contribution in [0.3, 0.4) is 0 Å². The summed E-state index contributed by atoms with van der Waals surface area (Å²) in [6, 6.07) is 6.36. The number of hydrogen-bond acceptors (Lipinski definition) is 5. The highest BCUT2D eigenvalue weighted by Crippen LogP contribution is 2.39. The first-order chi connectivity index (χ1) is 16.2. The number of quaternary nitrogens is 1. The van der Waals surface area contributed by atoms with Crippen LogP contribution in [0.1, 0.15) is 82.9 Å². The van der Waals surface area contributed by atoms with E-state index in [0.717, 1.165) is 23.1 Å². The Kier molecular flexibility index (Phi) is 10.3. The van der Waals surface area contributed by atoms with Gasteiger partial charge in [0.15, 0.2) is 5.78 Å². The van der Waals surface area contributed by atoms with Gasteiger partial charge < -0.3 is 36.0 Å². The van der Waals surface area contributed by atoms with Crippen LogP contribution in [0.15, 0.2) is 24.3 Å². The Morgan fingerprint density at radius 3 is 2.20 bits per heavy atom. The Morgan fingerprint density at radius 2 is 1.51 bits per heavy atom. The number of hydrogen-bond donors (Lipinski definition) is 1. The van der Waals surface area contributed by atoms with Gasteiger partial charge in [-0.3, -0.25) is 9.59 Å². The predicted octanol–water partition coefficient (Wildman–Crippen LogP) is 2.30. The van der Waals surface area contributed by atoms with Crippen LogP contribution in [0, 0.1) is 6.92 Å². The van der Waals surface area contributed by atoms with Crippen molar-refractivity contribution in [1.82, 2.24) is 0 Å². The molecule has 0 saturated carbocycles. The summed E-state index contributed by atoms with van der Waals surface area (Å²) in [4.78, 5) is 26.6. The van der Waals surface area contributed by atoms with Crippen LogP contribution in [0.5, 0.6) is 17.2 Å². The molecule has 0 atom stereocenters. The number of aryl methyl sites for hydroxylation is 1. The Labute approximate surface area is 219 Å². The molecule has 1 aliphatic rings. The van der Waals surface area contributed by atoms with Gasteiger partial charge in [-0.05, 0) is 43.5 Å². The van der Waals surface area contributed by atoms with Crippen LogP contribution in [0.25, 0.3) is 0 Å². The zero-order valence-electron chi connectivity index (χ0n) is 21.6. The fourth-order valence-electron chi connectivity index (χ4n) is 4.52. The molecule has 0 amide bonds. The number of carbonyl (C=O) groups excluding carboxylic acids is 2. The molecule has 0 spiro atoms. The molecule has 6 nitrogen and oxygen atoms in total. The summed E-state index contributed by atoms with van der Waals surface area (Å²) in [6.45, 7) is 6.40. The van der Waals surface area contributed by atoms with Crippen molar-refractivity contribution in [3.63, 3.8) is 0 Å². The molecule has 0 aliphatic heterocycles. The fourth-order valence-corrected chi connectivity index (χ4v) is 4.52. The van der Waals surface area contributed by atoms with Crippen LogP contribution in [0.4, 0.5) is 0 Å². The molecule has 0 aromatic heterocycles. The predicted molar refractivity (Wildman–Crippen MR) is 133 cm³/mol. The Bertz CT molecular complexity index is 1060. The molecule has 2 aromatic carbocycles. The number of ether oxygens (including phenoxy) is 2. The number of unbranched alkanes of at least 4 members (excludes halogenated alkanes) is 5. The van der Waals surface area contributed by atoms with E-state index in [9.17, 15) is 14.7 Å². The molecule has 1 N–H and O–H groups in total. The number of methoxy groups -OCH3 is 1. The third-order valence-electron chi connectivity index (χ3n) is 6.59. The molecule has 0 fully saturated rings. The lowest BCUT2D eigenvalue weighted by Gasteiger charge is -2.30. The smallest absolute Gasteiger partial charge is 0.201 e. The van der Waals surface area contributed by atoms with Gasteiger partial charge >= 0.3 is 0 Å². The van der Waals surface area contributed by atoms with Crippen LogP contribution in [-0.2, 0) is 0 Å². The molecule has 192 valence electrons. The first-order valence-corrected chi connectivity index (χ1v) is 12.3. The van der Waals surface area contributed by atoms with E-state index >= 15 is 0 Å². The van der Waals surface area contributed by atoms with Gasteiger partial charge in [0.05, 0.1) is 38.9 Å². The molecule has 0 radical (unpaired) electrons. The maximum Gasteiger partial charge on any atom is 0.201 e. The van der Waals surface area contributed by atoms with Crippen LogP contribution >= 0.6 is 0 Å². The molecule has 0 bridgehead atoms. The summed E-state index contributed by atoms with van der Waals surface area (Å²) in [5, 5.41) is 10.5. The van der Waals surface area contributed by atoms with Crippen LogP contribution in [0.2, 0.25) is 0 Å². The Morgan fingerprint density at radius 1 is 0.857 bits per heavy atom. The molecular weight excluding hydrogens is 510 g/mol. The maximum absolute atomic E-state index is 13.4. The number of halogens is 1. The van der Waals surface area contributed by atoms with Gasteiger partial charge in [-0.2, -0.15) is 0 Å². The number of likely N-dealkylation sites (N-methyl/N-ethyl adjacent to an activating group) is 1. The first kappa shape index (κ1) is 28.9. The van der Waals surface area contributed by atoms with E-state index in [1.165, 1.54) is 57.8 Å². The van der Waals surface area contributed by atoms with Crippen molar-refractivity contribution in [1.29, 1.82) is 0 Å². The van der Waals surface area contributed by atoms with Gasteiger partial charge in [0.25, 0.3) is 0 Å². The molecular formula is C28H38BrNO5. The number of carbonyl (C=O) groups is 2. The van der Waals surface area contributed by atoms with Crippen LogP contribution in [-0.4, -0.2) is 62.1 Å². The highest BCUT2D eigenvalue weighted by molar-refractivity contribution is 6.30. The van der Waals surface area contributed by atoms with Crippen molar-refractivity contribution in [2.75, 3.05) is 40.9 Å². The van der Waals surface area contributed by atoms with Gasteiger partial charge in [0.2, 0.25) is 5.78 Å². The molecule has 2 aromatic rings. The number of aromatic hydroxyl groups is 1. The highest BCUT2D eigenvalue weighted by atomic mass is 79.9. The topological polar surface area (TPSA) is 72.8 Å². The zero-order valence-corrected chi connectivity index (χ0v) is 23.2. The van der Waals surface area contributed by atoms with Crippen molar-refractivity contribution in [2.45, 2.75) is 52.4 Å². The second-order valence-electron chi connectivity index (χ2n) is 9.91. The largest absolute Gasteiger partial charge is 1.00 e. The number of phenolic OH excluding ortho intramolecular Hbond substituents is 1. The van der Waals surface area contributed by atoms with Crippen LogP contribution < -0.4 is 26.5 Å². The lowest BCUT2D eigenvalue weighted by molar-refractivity contribution is -0.890. The minimum absolute atomic E-state index is 0. The van der Waals surface area contributed by atoms with Crippen molar-refractivity contribution in [2.24, 2.45) is 0 Å². The van der Waals surface area contributed by atoms with Crippen molar-refractivity contribution in [3.8, 4) is 17.2 Å². The summed E-state index contributed by atoms with van der Waals surface area (Å²) in [7, 11) is 5.84. The third kappa shape index (κ3) is 6.85. The molecule has 0 unspecified atom stereocenters. The summed E-state index contributed by atoms with van der Waals surface area (Å²) in [5.41, 5.74) is 1.53. The zero-order chi connectivity index (χ0) is 24.9. The van der Waals surface area contributed by atoms with Crippen molar-refractivity contribution < 1.29 is 45.6 Å². The van der Waals surface area contributed by atoms with Gasteiger partial charge in [-0.1, -0.05) is 32.6 Å². The van der Waals surface area contributed by atoms with E-state index in [0.29, 0.717) is 23.7 Å². The van der Waals surface area contributed by atoms with Gasteiger partial charge in [0, 0.05) is 17.2 Å². The molecule has 0 saturated heterocycles. The second-order valence-corrected chi connectivity index (χ2v) is 9.91. The monoisotopic (exact) mass is 547 g/mol. The number of phenols is 1. The van der Waals surface area contributed by atoms with Gasteiger partial charge in [0.1, 0.15) is 30.4 Å². The van der Waals surface area contributed by atoms with Crippen molar-refractivity contribution >= 4 is 11.6 Å². The number of benzene rings is 2. The minimum atomic E-state index is -0.402. The minimum Gasteiger partial charge on any atom is -1.00 e. The van der Waals surface area contributed by atoms with E-state index in [1.807, 2.05) is 6.92 Å². The Balaban J connectivity index is 0.00000432. The van der Waals surface area contributed by atoms with E-state index in [2.05, 4.69) is 21.0 Å². The molecule has 35 heavy (non-hydrogen) atoms. The molecule has 1 aliphatic carbocycles. The number of fused-ring (bicyclic) bond motifs is 2.